The molecular formula is C14H26N4. The van der Waals surface area contributed by atoms with Crippen molar-refractivity contribution in [2.45, 2.75) is 52.1 Å². The first-order valence-corrected chi connectivity index (χ1v) is 7.03. The summed E-state index contributed by atoms with van der Waals surface area (Å²) in [6.07, 6.45) is 3.79. The summed E-state index contributed by atoms with van der Waals surface area (Å²) >= 11 is 0. The molecule has 1 aliphatic carbocycles. The van der Waals surface area contributed by atoms with Crippen LogP contribution in [0.1, 0.15) is 36.7 Å². The van der Waals surface area contributed by atoms with Crippen molar-refractivity contribution in [2.75, 3.05) is 13.1 Å². The standard InChI is InChI=1S/C14H26N4/c1-10(9-16-13-5-6-13)15-8-7-14-11(2)17-18(4)12(14)3/h10,13,15-16H,5-9H2,1-4H3. The maximum absolute atomic E-state index is 4.45. The molecular weight excluding hydrogens is 224 g/mol. The van der Waals surface area contributed by atoms with Gasteiger partial charge in [0, 0.05) is 31.4 Å². The van der Waals surface area contributed by atoms with Gasteiger partial charge >= 0.3 is 0 Å². The average Bonchev–Trinajstić information content (AvgIpc) is 3.11. The van der Waals surface area contributed by atoms with E-state index < -0.39 is 0 Å². The summed E-state index contributed by atoms with van der Waals surface area (Å²) in [5, 5.41) is 11.6. The monoisotopic (exact) mass is 250 g/mol. The van der Waals surface area contributed by atoms with Crippen LogP contribution in [0.4, 0.5) is 0 Å². The summed E-state index contributed by atoms with van der Waals surface area (Å²) in [5.74, 6) is 0. The lowest BCUT2D eigenvalue weighted by Crippen LogP contribution is -2.38. The molecule has 4 heteroatoms. The molecule has 1 unspecified atom stereocenters. The molecule has 1 saturated carbocycles. The lowest BCUT2D eigenvalue weighted by Gasteiger charge is -2.14. The van der Waals surface area contributed by atoms with Crippen LogP contribution >= 0.6 is 0 Å². The van der Waals surface area contributed by atoms with E-state index >= 15 is 0 Å². The zero-order valence-electron chi connectivity index (χ0n) is 12.1. The second-order valence-electron chi connectivity index (χ2n) is 5.56. The molecule has 18 heavy (non-hydrogen) atoms. The van der Waals surface area contributed by atoms with Gasteiger partial charge in [0.1, 0.15) is 0 Å². The Morgan fingerprint density at radius 3 is 2.67 bits per heavy atom. The topological polar surface area (TPSA) is 41.9 Å². The SMILES string of the molecule is Cc1nn(C)c(C)c1CCNC(C)CNC1CC1. The molecule has 0 bridgehead atoms. The van der Waals surface area contributed by atoms with Crippen molar-refractivity contribution in [2.24, 2.45) is 7.05 Å². The number of nitrogens with zero attached hydrogens (tertiary/aromatic N) is 2. The maximum atomic E-state index is 4.45. The molecule has 2 rings (SSSR count). The number of nitrogens with one attached hydrogen (secondary N) is 2. The molecule has 1 aliphatic rings. The molecule has 0 spiro atoms. The van der Waals surface area contributed by atoms with E-state index in [4.69, 9.17) is 0 Å². The number of hydrogen-bond donors (Lipinski definition) is 2. The summed E-state index contributed by atoms with van der Waals surface area (Å²) in [7, 11) is 2.02. The van der Waals surface area contributed by atoms with Crippen molar-refractivity contribution in [3.63, 3.8) is 0 Å². The highest BCUT2D eigenvalue weighted by Gasteiger charge is 2.20. The van der Waals surface area contributed by atoms with Gasteiger partial charge in [-0.05, 0) is 52.1 Å². The summed E-state index contributed by atoms with van der Waals surface area (Å²) < 4.78 is 1.97. The van der Waals surface area contributed by atoms with E-state index in [0.717, 1.165) is 25.6 Å². The molecule has 102 valence electrons. The fourth-order valence-corrected chi connectivity index (χ4v) is 2.33. The Hall–Kier alpha value is -0.870. The highest BCUT2D eigenvalue weighted by molar-refractivity contribution is 5.24. The average molecular weight is 250 g/mol. The number of rotatable bonds is 7. The molecule has 1 heterocycles. The van der Waals surface area contributed by atoms with Crippen molar-refractivity contribution in [1.29, 1.82) is 0 Å². The Kier molecular flexibility index (Phi) is 4.40. The second kappa shape index (κ2) is 5.85. The molecule has 0 aromatic carbocycles. The molecule has 1 fully saturated rings. The van der Waals surface area contributed by atoms with Crippen LogP contribution < -0.4 is 10.6 Å². The van der Waals surface area contributed by atoms with Gasteiger partial charge in [0.25, 0.3) is 0 Å². The third-order valence-corrected chi connectivity index (χ3v) is 3.82. The lowest BCUT2D eigenvalue weighted by atomic mass is 10.1. The predicted octanol–water partition coefficient (Wildman–Crippen LogP) is 1.31. The van der Waals surface area contributed by atoms with E-state index in [1.165, 1.54) is 29.8 Å². The van der Waals surface area contributed by atoms with Crippen molar-refractivity contribution in [1.82, 2.24) is 20.4 Å². The van der Waals surface area contributed by atoms with Crippen LogP contribution in [0.3, 0.4) is 0 Å². The molecule has 1 aromatic rings. The van der Waals surface area contributed by atoms with Gasteiger partial charge in [-0.15, -0.1) is 0 Å². The Bertz CT molecular complexity index is 393. The van der Waals surface area contributed by atoms with E-state index in [1.54, 1.807) is 0 Å². The van der Waals surface area contributed by atoms with E-state index in [0.29, 0.717) is 6.04 Å². The fourth-order valence-electron chi connectivity index (χ4n) is 2.33. The summed E-state index contributed by atoms with van der Waals surface area (Å²) in [5.41, 5.74) is 3.85. The van der Waals surface area contributed by atoms with Crippen LogP contribution in [0.2, 0.25) is 0 Å². The molecule has 4 nitrogen and oxygen atoms in total. The van der Waals surface area contributed by atoms with E-state index in [-0.39, 0.29) is 0 Å². The fraction of sp³-hybridized carbons (Fsp3) is 0.786. The van der Waals surface area contributed by atoms with E-state index in [1.807, 2.05) is 11.7 Å². The molecule has 0 amide bonds. The summed E-state index contributed by atoms with van der Waals surface area (Å²) in [4.78, 5) is 0. The Labute approximate surface area is 110 Å². The molecule has 1 aromatic heterocycles. The van der Waals surface area contributed by atoms with Crippen molar-refractivity contribution >= 4 is 0 Å². The van der Waals surface area contributed by atoms with Crippen LogP contribution in [-0.4, -0.2) is 35.0 Å². The molecule has 0 saturated heterocycles. The first-order valence-electron chi connectivity index (χ1n) is 7.03. The van der Waals surface area contributed by atoms with E-state index in [2.05, 4.69) is 36.5 Å². The Morgan fingerprint density at radius 2 is 2.11 bits per heavy atom. The second-order valence-corrected chi connectivity index (χ2v) is 5.56. The minimum Gasteiger partial charge on any atom is -0.313 e. The normalized spacial score (nSPS) is 17.1. The third kappa shape index (κ3) is 3.56. The van der Waals surface area contributed by atoms with Crippen LogP contribution in [0, 0.1) is 13.8 Å². The number of aromatic nitrogens is 2. The van der Waals surface area contributed by atoms with Crippen LogP contribution in [0.5, 0.6) is 0 Å². The highest BCUT2D eigenvalue weighted by Crippen LogP contribution is 2.18. The molecule has 2 N–H and O–H groups in total. The van der Waals surface area contributed by atoms with Gasteiger partial charge in [0.2, 0.25) is 0 Å². The first kappa shape index (κ1) is 13.6. The molecule has 1 atom stereocenters. The van der Waals surface area contributed by atoms with Crippen molar-refractivity contribution in [3.05, 3.63) is 17.0 Å². The first-order chi connectivity index (χ1) is 8.58. The van der Waals surface area contributed by atoms with Crippen LogP contribution in [0.15, 0.2) is 0 Å². The number of hydrogen-bond acceptors (Lipinski definition) is 3. The van der Waals surface area contributed by atoms with Gasteiger partial charge in [0.05, 0.1) is 5.69 Å². The quantitative estimate of drug-likeness (QED) is 0.767. The number of aryl methyl sites for hydroxylation is 2. The molecule has 0 aliphatic heterocycles. The highest BCUT2D eigenvalue weighted by atomic mass is 15.3. The van der Waals surface area contributed by atoms with Crippen LogP contribution in [0.25, 0.3) is 0 Å². The zero-order chi connectivity index (χ0) is 13.1. The van der Waals surface area contributed by atoms with E-state index in [9.17, 15) is 0 Å². The largest absolute Gasteiger partial charge is 0.313 e. The zero-order valence-corrected chi connectivity index (χ0v) is 12.1. The molecule has 0 radical (unpaired) electrons. The van der Waals surface area contributed by atoms with Gasteiger partial charge in [-0.2, -0.15) is 5.10 Å². The van der Waals surface area contributed by atoms with Gasteiger partial charge in [-0.3, -0.25) is 4.68 Å². The van der Waals surface area contributed by atoms with Crippen LogP contribution in [-0.2, 0) is 13.5 Å². The minimum absolute atomic E-state index is 0.544. The Morgan fingerprint density at radius 1 is 1.39 bits per heavy atom. The minimum atomic E-state index is 0.544. The lowest BCUT2D eigenvalue weighted by molar-refractivity contribution is 0.502. The van der Waals surface area contributed by atoms with Gasteiger partial charge in [-0.25, -0.2) is 0 Å². The summed E-state index contributed by atoms with van der Waals surface area (Å²) in [6, 6.07) is 1.35. The summed E-state index contributed by atoms with van der Waals surface area (Å²) in [6.45, 7) is 8.60. The smallest absolute Gasteiger partial charge is 0.0628 e. The van der Waals surface area contributed by atoms with Gasteiger partial charge in [-0.1, -0.05) is 0 Å². The predicted molar refractivity (Wildman–Crippen MR) is 74.9 cm³/mol. The maximum Gasteiger partial charge on any atom is 0.0628 e. The van der Waals surface area contributed by atoms with Gasteiger partial charge in [0.15, 0.2) is 0 Å². The van der Waals surface area contributed by atoms with Crippen molar-refractivity contribution < 1.29 is 0 Å². The van der Waals surface area contributed by atoms with Gasteiger partial charge < -0.3 is 10.6 Å². The van der Waals surface area contributed by atoms with Crippen molar-refractivity contribution in [3.8, 4) is 0 Å². The third-order valence-electron chi connectivity index (χ3n) is 3.82. The Balaban J connectivity index is 1.70.